The number of ether oxygens (including phenoxy) is 1. The van der Waals surface area contributed by atoms with Gasteiger partial charge in [0.15, 0.2) is 0 Å². The summed E-state index contributed by atoms with van der Waals surface area (Å²) in [5, 5.41) is 12.1. The Morgan fingerprint density at radius 1 is 1.04 bits per heavy atom. The number of benzene rings is 2. The molecule has 5 nitrogen and oxygen atoms in total. The van der Waals surface area contributed by atoms with Crippen LogP contribution in [-0.4, -0.2) is 29.3 Å². The van der Waals surface area contributed by atoms with Crippen LogP contribution in [0.25, 0.3) is 11.1 Å². The van der Waals surface area contributed by atoms with Gasteiger partial charge in [-0.1, -0.05) is 74.7 Å². The first-order valence-electron chi connectivity index (χ1n) is 9.83. The molecule has 1 amide bonds. The monoisotopic (exact) mass is 381 g/mol. The third kappa shape index (κ3) is 4.03. The minimum absolute atomic E-state index is 0.0469. The van der Waals surface area contributed by atoms with E-state index in [1.165, 1.54) is 6.92 Å². The van der Waals surface area contributed by atoms with Gasteiger partial charge >= 0.3 is 12.1 Å². The van der Waals surface area contributed by atoms with Crippen LogP contribution >= 0.6 is 0 Å². The molecular weight excluding hydrogens is 354 g/mol. The molecule has 0 radical (unpaired) electrons. The minimum Gasteiger partial charge on any atom is -0.480 e. The summed E-state index contributed by atoms with van der Waals surface area (Å²) < 4.78 is 5.48. The summed E-state index contributed by atoms with van der Waals surface area (Å²) >= 11 is 0. The van der Waals surface area contributed by atoms with Gasteiger partial charge in [-0.3, -0.25) is 0 Å². The molecule has 1 atom stereocenters. The van der Waals surface area contributed by atoms with E-state index in [1.54, 1.807) is 0 Å². The molecule has 0 aliphatic heterocycles. The largest absolute Gasteiger partial charge is 0.480 e. The fraction of sp³-hybridized carbons (Fsp3) is 0.391. The molecular formula is C23H27NO4. The number of carboxylic acids is 1. The van der Waals surface area contributed by atoms with Crippen molar-refractivity contribution < 1.29 is 19.4 Å². The molecule has 2 aromatic rings. The average Bonchev–Trinajstić information content (AvgIpc) is 3.00. The summed E-state index contributed by atoms with van der Waals surface area (Å²) in [6, 6.07) is 16.2. The fourth-order valence-corrected chi connectivity index (χ4v) is 3.81. The van der Waals surface area contributed by atoms with Crippen molar-refractivity contribution in [3.05, 3.63) is 59.7 Å². The number of rotatable bonds is 8. The van der Waals surface area contributed by atoms with Crippen LogP contribution in [0.1, 0.15) is 56.6 Å². The highest BCUT2D eigenvalue weighted by Crippen LogP contribution is 2.44. The number of aliphatic carboxylic acids is 1. The van der Waals surface area contributed by atoms with Crippen molar-refractivity contribution in [3.63, 3.8) is 0 Å². The van der Waals surface area contributed by atoms with Crippen molar-refractivity contribution >= 4 is 12.1 Å². The Balaban J connectivity index is 1.68. The van der Waals surface area contributed by atoms with Gasteiger partial charge in [-0.15, -0.1) is 0 Å². The molecule has 28 heavy (non-hydrogen) atoms. The first-order valence-corrected chi connectivity index (χ1v) is 9.83. The highest BCUT2D eigenvalue weighted by Gasteiger charge is 2.35. The third-order valence-electron chi connectivity index (χ3n) is 5.47. The standard InChI is InChI=1S/C23H27NO4/c1-3-4-9-14-23(2,21(25)26)24-22(27)28-15-20-18-12-7-5-10-16(18)17-11-6-8-13-19(17)20/h5-8,10-13,20H,3-4,9,14-15H2,1-2H3,(H,24,27)(H,25,26). The SMILES string of the molecule is CCCCCC(C)(NC(=O)OCC1c2ccccc2-c2ccccc21)C(=O)O. The average molecular weight is 381 g/mol. The Morgan fingerprint density at radius 3 is 2.14 bits per heavy atom. The van der Waals surface area contributed by atoms with Crippen LogP contribution in [0.5, 0.6) is 0 Å². The molecule has 1 unspecified atom stereocenters. The van der Waals surface area contributed by atoms with Crippen molar-refractivity contribution in [1.29, 1.82) is 0 Å². The number of amides is 1. The Labute approximate surface area is 165 Å². The second kappa shape index (κ2) is 8.46. The second-order valence-corrected chi connectivity index (χ2v) is 7.54. The lowest BCUT2D eigenvalue weighted by Gasteiger charge is -2.26. The lowest BCUT2D eigenvalue weighted by atomic mass is 9.94. The number of carbonyl (C=O) groups is 2. The smallest absolute Gasteiger partial charge is 0.408 e. The highest BCUT2D eigenvalue weighted by molar-refractivity contribution is 5.84. The van der Waals surface area contributed by atoms with Crippen molar-refractivity contribution in [2.24, 2.45) is 0 Å². The molecule has 0 heterocycles. The topological polar surface area (TPSA) is 75.6 Å². The number of carboxylic acid groups (broad SMARTS) is 1. The van der Waals surface area contributed by atoms with Gasteiger partial charge in [0, 0.05) is 5.92 Å². The van der Waals surface area contributed by atoms with Crippen LogP contribution in [0.15, 0.2) is 48.5 Å². The van der Waals surface area contributed by atoms with Gasteiger partial charge in [0.25, 0.3) is 0 Å². The quantitative estimate of drug-likeness (QED) is 0.635. The van der Waals surface area contributed by atoms with Gasteiger partial charge in [0.1, 0.15) is 12.1 Å². The Bertz CT molecular complexity index is 818. The van der Waals surface area contributed by atoms with Crippen molar-refractivity contribution in [2.45, 2.75) is 51.0 Å². The van der Waals surface area contributed by atoms with Crippen LogP contribution in [0.4, 0.5) is 4.79 Å². The molecule has 0 fully saturated rings. The molecule has 1 aliphatic rings. The summed E-state index contributed by atoms with van der Waals surface area (Å²) in [6.45, 7) is 3.76. The van der Waals surface area contributed by atoms with Crippen LogP contribution in [-0.2, 0) is 9.53 Å². The van der Waals surface area contributed by atoms with Crippen LogP contribution in [0, 0.1) is 0 Å². The van der Waals surface area contributed by atoms with E-state index >= 15 is 0 Å². The summed E-state index contributed by atoms with van der Waals surface area (Å²) in [5.41, 5.74) is 3.24. The normalized spacial score (nSPS) is 14.6. The number of carbonyl (C=O) groups excluding carboxylic acids is 1. The fourth-order valence-electron chi connectivity index (χ4n) is 3.81. The van der Waals surface area contributed by atoms with E-state index in [-0.39, 0.29) is 12.5 Å². The predicted molar refractivity (Wildman–Crippen MR) is 108 cm³/mol. The van der Waals surface area contributed by atoms with E-state index in [0.29, 0.717) is 6.42 Å². The molecule has 3 rings (SSSR count). The van der Waals surface area contributed by atoms with Gasteiger partial charge in [-0.05, 0) is 35.6 Å². The van der Waals surface area contributed by atoms with Gasteiger partial charge in [-0.25, -0.2) is 9.59 Å². The first kappa shape index (κ1) is 19.9. The number of hydrogen-bond donors (Lipinski definition) is 2. The van der Waals surface area contributed by atoms with Gasteiger partial charge in [0.2, 0.25) is 0 Å². The van der Waals surface area contributed by atoms with E-state index in [0.717, 1.165) is 41.5 Å². The summed E-state index contributed by atoms with van der Waals surface area (Å²) in [5.74, 6) is -1.09. The Morgan fingerprint density at radius 2 is 1.61 bits per heavy atom. The lowest BCUT2D eigenvalue weighted by Crippen LogP contribution is -2.52. The van der Waals surface area contributed by atoms with E-state index < -0.39 is 17.6 Å². The molecule has 2 N–H and O–H groups in total. The second-order valence-electron chi connectivity index (χ2n) is 7.54. The first-order chi connectivity index (χ1) is 13.5. The minimum atomic E-state index is -1.32. The van der Waals surface area contributed by atoms with Gasteiger partial charge < -0.3 is 15.2 Å². The maximum atomic E-state index is 12.4. The molecule has 0 spiro atoms. The van der Waals surface area contributed by atoms with Crippen molar-refractivity contribution in [1.82, 2.24) is 5.32 Å². The van der Waals surface area contributed by atoms with E-state index in [9.17, 15) is 14.7 Å². The van der Waals surface area contributed by atoms with Crippen molar-refractivity contribution in [3.8, 4) is 11.1 Å². The van der Waals surface area contributed by atoms with Crippen molar-refractivity contribution in [2.75, 3.05) is 6.61 Å². The van der Waals surface area contributed by atoms with E-state index in [2.05, 4.69) is 24.4 Å². The molecule has 0 bridgehead atoms. The molecule has 0 saturated heterocycles. The van der Waals surface area contributed by atoms with Crippen LogP contribution in [0.3, 0.4) is 0 Å². The third-order valence-corrected chi connectivity index (χ3v) is 5.47. The maximum absolute atomic E-state index is 12.4. The molecule has 1 aliphatic carbocycles. The Hall–Kier alpha value is -2.82. The zero-order valence-corrected chi connectivity index (χ0v) is 16.4. The van der Waals surface area contributed by atoms with Gasteiger partial charge in [-0.2, -0.15) is 0 Å². The van der Waals surface area contributed by atoms with E-state index in [1.807, 2.05) is 36.4 Å². The zero-order valence-electron chi connectivity index (χ0n) is 16.4. The maximum Gasteiger partial charge on any atom is 0.408 e. The number of unbranched alkanes of at least 4 members (excludes halogenated alkanes) is 2. The number of fused-ring (bicyclic) bond motifs is 3. The number of alkyl carbamates (subject to hydrolysis) is 1. The van der Waals surface area contributed by atoms with E-state index in [4.69, 9.17) is 4.74 Å². The summed E-state index contributed by atoms with van der Waals surface area (Å²) in [7, 11) is 0. The predicted octanol–water partition coefficient (Wildman–Crippen LogP) is 4.95. The number of hydrogen-bond acceptors (Lipinski definition) is 3. The molecule has 0 saturated carbocycles. The highest BCUT2D eigenvalue weighted by atomic mass is 16.5. The summed E-state index contributed by atoms with van der Waals surface area (Å²) in [4.78, 5) is 24.0. The molecule has 148 valence electrons. The number of nitrogens with one attached hydrogen (secondary N) is 1. The molecule has 0 aromatic heterocycles. The van der Waals surface area contributed by atoms with Crippen LogP contribution in [0.2, 0.25) is 0 Å². The van der Waals surface area contributed by atoms with Gasteiger partial charge in [0.05, 0.1) is 0 Å². The van der Waals surface area contributed by atoms with Crippen LogP contribution < -0.4 is 5.32 Å². The Kier molecular flexibility index (Phi) is 6.02. The zero-order chi connectivity index (χ0) is 20.1. The molecule has 5 heteroatoms. The molecule has 2 aromatic carbocycles. The summed E-state index contributed by atoms with van der Waals surface area (Å²) in [6.07, 6.45) is 2.34. The lowest BCUT2D eigenvalue weighted by molar-refractivity contribution is -0.144.